The maximum atomic E-state index is 14.2. The van der Waals surface area contributed by atoms with Gasteiger partial charge in [0, 0.05) is 24.6 Å². The van der Waals surface area contributed by atoms with Gasteiger partial charge in [-0.15, -0.1) is 11.3 Å². The molecule has 3 heterocycles. The minimum Gasteiger partial charge on any atom is -0.488 e. The molecule has 2 aromatic carbocycles. The number of amides is 1. The summed E-state index contributed by atoms with van der Waals surface area (Å²) in [4.78, 5) is 16.8. The van der Waals surface area contributed by atoms with Crippen LogP contribution in [0, 0.1) is 12.7 Å². The summed E-state index contributed by atoms with van der Waals surface area (Å²) >= 11 is 1.62. The van der Waals surface area contributed by atoms with Gasteiger partial charge in [0.05, 0.1) is 23.6 Å². The highest BCUT2D eigenvalue weighted by molar-refractivity contribution is 7.89. The molecule has 0 radical (unpaired) electrons. The molecule has 202 valence electrons. The highest BCUT2D eigenvalue weighted by Crippen LogP contribution is 2.34. The summed E-state index contributed by atoms with van der Waals surface area (Å²) in [6.45, 7) is 2.76. The number of hydrogen-bond acceptors (Lipinski definition) is 6. The van der Waals surface area contributed by atoms with Crippen molar-refractivity contribution in [3.63, 3.8) is 0 Å². The van der Waals surface area contributed by atoms with E-state index in [-0.39, 0.29) is 42.4 Å². The lowest BCUT2D eigenvalue weighted by molar-refractivity contribution is -0.135. The second-order valence-corrected chi connectivity index (χ2v) is 12.6. The van der Waals surface area contributed by atoms with Crippen molar-refractivity contribution in [1.82, 2.24) is 9.21 Å². The Balaban J connectivity index is 1.39. The van der Waals surface area contributed by atoms with Crippen LogP contribution in [0.5, 0.6) is 5.75 Å². The summed E-state index contributed by atoms with van der Waals surface area (Å²) in [5.41, 5.74) is 1.90. The van der Waals surface area contributed by atoms with Crippen molar-refractivity contribution in [2.45, 2.75) is 43.2 Å². The fourth-order valence-corrected chi connectivity index (χ4v) is 7.32. The lowest BCUT2D eigenvalue weighted by Crippen LogP contribution is -2.49. The number of benzene rings is 2. The van der Waals surface area contributed by atoms with Crippen molar-refractivity contribution < 1.29 is 27.1 Å². The third-order valence-corrected chi connectivity index (χ3v) is 9.87. The zero-order valence-electron chi connectivity index (χ0n) is 21.2. The van der Waals surface area contributed by atoms with Gasteiger partial charge in [0.1, 0.15) is 6.61 Å². The minimum absolute atomic E-state index is 0.0624. The van der Waals surface area contributed by atoms with Crippen LogP contribution in [0.15, 0.2) is 64.9 Å². The minimum atomic E-state index is -3.94. The molecule has 5 rings (SSSR count). The highest BCUT2D eigenvalue weighted by Gasteiger charge is 2.36. The molecule has 1 fully saturated rings. The molecule has 1 saturated heterocycles. The first-order chi connectivity index (χ1) is 18.3. The molecule has 0 unspecified atom stereocenters. The van der Waals surface area contributed by atoms with Gasteiger partial charge in [-0.05, 0) is 67.5 Å². The first-order valence-electron chi connectivity index (χ1n) is 12.7. The monoisotopic (exact) mass is 558 g/mol. The summed E-state index contributed by atoms with van der Waals surface area (Å²) < 4.78 is 54.4. The fourth-order valence-electron chi connectivity index (χ4n) is 4.97. The van der Waals surface area contributed by atoms with Crippen molar-refractivity contribution in [3.8, 4) is 5.75 Å². The summed E-state index contributed by atoms with van der Waals surface area (Å²) in [5.74, 6) is -0.680. The second-order valence-electron chi connectivity index (χ2n) is 9.64. The van der Waals surface area contributed by atoms with Gasteiger partial charge >= 0.3 is 0 Å². The number of carbonyl (C=O) groups is 1. The van der Waals surface area contributed by atoms with Crippen LogP contribution in [-0.4, -0.2) is 62.5 Å². The Hall–Kier alpha value is -2.79. The Morgan fingerprint density at radius 1 is 1.18 bits per heavy atom. The fraction of sp³-hybridized carbons (Fsp3) is 0.393. The van der Waals surface area contributed by atoms with E-state index in [2.05, 4.69) is 0 Å². The zero-order valence-corrected chi connectivity index (χ0v) is 22.8. The summed E-state index contributed by atoms with van der Waals surface area (Å²) in [6, 6.07) is 14.3. The Labute approximate surface area is 226 Å². The quantitative estimate of drug-likeness (QED) is 0.385. The average Bonchev–Trinajstić information content (AvgIpc) is 3.60. The van der Waals surface area contributed by atoms with Gasteiger partial charge in [0.25, 0.3) is 0 Å². The first-order valence-corrected chi connectivity index (χ1v) is 15.1. The number of fused-ring (bicyclic) bond motifs is 1. The smallest absolute Gasteiger partial charge is 0.243 e. The number of thiophene rings is 1. The number of rotatable bonds is 9. The molecule has 0 bridgehead atoms. The van der Waals surface area contributed by atoms with E-state index in [1.807, 2.05) is 18.4 Å². The van der Waals surface area contributed by atoms with E-state index in [1.54, 1.807) is 58.7 Å². The summed E-state index contributed by atoms with van der Waals surface area (Å²) in [6.07, 6.45) is 2.02. The van der Waals surface area contributed by atoms with Crippen molar-refractivity contribution in [2.75, 3.05) is 32.8 Å². The van der Waals surface area contributed by atoms with Gasteiger partial charge in [0.2, 0.25) is 15.9 Å². The second kappa shape index (κ2) is 11.5. The SMILES string of the molecule is Cc1ccc(S(=O)(=O)N(CC(=O)N2CCc3sccc3[C@@H]2COc2ccccc2F)C[C@H]2CCCO2)cc1. The Morgan fingerprint density at radius 2 is 1.97 bits per heavy atom. The highest BCUT2D eigenvalue weighted by atomic mass is 32.2. The molecule has 0 N–H and O–H groups in total. The van der Waals surface area contributed by atoms with Crippen molar-refractivity contribution >= 4 is 27.3 Å². The van der Waals surface area contributed by atoms with Gasteiger partial charge in [0.15, 0.2) is 11.6 Å². The van der Waals surface area contributed by atoms with Gasteiger partial charge < -0.3 is 14.4 Å². The van der Waals surface area contributed by atoms with E-state index in [9.17, 15) is 17.6 Å². The van der Waals surface area contributed by atoms with Crippen LogP contribution in [0.2, 0.25) is 0 Å². The third kappa shape index (κ3) is 5.78. The predicted octanol–water partition coefficient (Wildman–Crippen LogP) is 4.57. The van der Waals surface area contributed by atoms with E-state index in [1.165, 1.54) is 10.4 Å². The van der Waals surface area contributed by atoms with E-state index in [4.69, 9.17) is 9.47 Å². The Kier molecular flexibility index (Phi) is 8.13. The summed E-state index contributed by atoms with van der Waals surface area (Å²) in [5, 5.41) is 1.97. The molecule has 38 heavy (non-hydrogen) atoms. The molecular weight excluding hydrogens is 527 g/mol. The van der Waals surface area contributed by atoms with Crippen LogP contribution in [-0.2, 0) is 26.0 Å². The number of nitrogens with zero attached hydrogens (tertiary/aromatic N) is 2. The summed E-state index contributed by atoms with van der Waals surface area (Å²) in [7, 11) is -3.94. The molecule has 0 aliphatic carbocycles. The van der Waals surface area contributed by atoms with Crippen LogP contribution in [0.25, 0.3) is 0 Å². The number of carbonyl (C=O) groups excluding carboxylic acids is 1. The number of aryl methyl sites for hydroxylation is 1. The van der Waals surface area contributed by atoms with Crippen LogP contribution in [0.1, 0.15) is 34.9 Å². The molecule has 7 nitrogen and oxygen atoms in total. The number of halogens is 1. The molecule has 1 amide bonds. The molecule has 0 saturated carbocycles. The van der Waals surface area contributed by atoms with Gasteiger partial charge in [-0.3, -0.25) is 4.79 Å². The molecule has 10 heteroatoms. The normalized spacial score (nSPS) is 19.5. The predicted molar refractivity (Wildman–Crippen MR) is 143 cm³/mol. The number of para-hydroxylation sites is 1. The Bertz CT molecular complexity index is 1370. The molecular formula is C28H31FN2O5S2. The van der Waals surface area contributed by atoms with E-state index in [0.717, 1.165) is 28.8 Å². The average molecular weight is 559 g/mol. The van der Waals surface area contributed by atoms with Crippen LogP contribution >= 0.6 is 11.3 Å². The molecule has 1 aromatic heterocycles. The van der Waals surface area contributed by atoms with Gasteiger partial charge in [-0.1, -0.05) is 29.8 Å². The zero-order chi connectivity index (χ0) is 26.7. The standard InChI is InChI=1S/C28H31FN2O5S2/c1-20-8-10-22(11-9-20)38(33,34)30(17-21-5-4-15-35-21)18-28(32)31-14-12-27-23(13-16-37-27)25(31)19-36-26-7-3-2-6-24(26)29/h2-3,6-11,13,16,21,25H,4-5,12,14-15,17-19H2,1H3/t21-,25+/m1/s1. The van der Waals surface area contributed by atoms with Gasteiger partial charge in [-0.25, -0.2) is 12.8 Å². The van der Waals surface area contributed by atoms with Crippen molar-refractivity contribution in [3.05, 3.63) is 81.8 Å². The number of hydrogen-bond donors (Lipinski definition) is 0. The first kappa shape index (κ1) is 26.8. The van der Waals surface area contributed by atoms with Crippen LogP contribution in [0.3, 0.4) is 0 Å². The number of ether oxygens (including phenoxy) is 2. The molecule has 0 spiro atoms. The van der Waals surface area contributed by atoms with E-state index >= 15 is 0 Å². The maximum Gasteiger partial charge on any atom is 0.243 e. The van der Waals surface area contributed by atoms with Crippen LogP contribution < -0.4 is 4.74 Å². The topological polar surface area (TPSA) is 76.2 Å². The largest absolute Gasteiger partial charge is 0.488 e. The third-order valence-electron chi connectivity index (χ3n) is 7.05. The van der Waals surface area contributed by atoms with Crippen molar-refractivity contribution in [1.29, 1.82) is 0 Å². The van der Waals surface area contributed by atoms with E-state index in [0.29, 0.717) is 19.6 Å². The van der Waals surface area contributed by atoms with Gasteiger partial charge in [-0.2, -0.15) is 4.31 Å². The Morgan fingerprint density at radius 3 is 2.71 bits per heavy atom. The molecule has 2 aliphatic rings. The molecule has 2 aliphatic heterocycles. The molecule has 3 aromatic rings. The maximum absolute atomic E-state index is 14.2. The van der Waals surface area contributed by atoms with E-state index < -0.39 is 21.9 Å². The lowest BCUT2D eigenvalue weighted by Gasteiger charge is -2.37. The molecule has 2 atom stereocenters. The lowest BCUT2D eigenvalue weighted by atomic mass is 10.0. The van der Waals surface area contributed by atoms with Crippen molar-refractivity contribution in [2.24, 2.45) is 0 Å². The van der Waals surface area contributed by atoms with Crippen LogP contribution in [0.4, 0.5) is 4.39 Å². The number of sulfonamides is 1.